The Bertz CT molecular complexity index is 467. The molecule has 0 radical (unpaired) electrons. The van der Waals surface area contributed by atoms with Gasteiger partial charge in [0, 0.05) is 0 Å². The number of hydrogen-bond acceptors (Lipinski definition) is 3. The van der Waals surface area contributed by atoms with Crippen molar-refractivity contribution in [2.75, 3.05) is 5.73 Å². The molecule has 0 bridgehead atoms. The minimum absolute atomic E-state index is 0.00801. The van der Waals surface area contributed by atoms with Crippen LogP contribution in [-0.4, -0.2) is 12.1 Å². The summed E-state index contributed by atoms with van der Waals surface area (Å²) in [7, 11) is 0. The van der Waals surface area contributed by atoms with E-state index in [9.17, 15) is 4.79 Å². The van der Waals surface area contributed by atoms with E-state index in [2.05, 4.69) is 6.92 Å². The quantitative estimate of drug-likeness (QED) is 0.654. The fourth-order valence-electron chi connectivity index (χ4n) is 2.41. The fraction of sp³-hybridized carbons (Fsp3) is 0.500. The van der Waals surface area contributed by atoms with Crippen molar-refractivity contribution >= 4 is 34.9 Å². The van der Waals surface area contributed by atoms with E-state index in [0.717, 1.165) is 19.3 Å². The molecule has 0 aliphatic heterocycles. The molecular weight excluding hydrogens is 285 g/mol. The molecule has 1 aromatic carbocycles. The van der Waals surface area contributed by atoms with Gasteiger partial charge in [-0.2, -0.15) is 0 Å². The van der Waals surface area contributed by atoms with Gasteiger partial charge in [0.1, 0.15) is 6.10 Å². The summed E-state index contributed by atoms with van der Waals surface area (Å²) >= 11 is 11.8. The van der Waals surface area contributed by atoms with Crippen LogP contribution < -0.4 is 5.73 Å². The first-order valence-electron chi connectivity index (χ1n) is 6.43. The Labute approximate surface area is 123 Å². The zero-order valence-corrected chi connectivity index (χ0v) is 12.3. The number of nitrogen functional groups attached to an aromatic ring is 1. The monoisotopic (exact) mass is 301 g/mol. The average Bonchev–Trinajstić information content (AvgIpc) is 2.35. The lowest BCUT2D eigenvalue weighted by Gasteiger charge is -2.26. The number of anilines is 1. The van der Waals surface area contributed by atoms with Crippen molar-refractivity contribution in [1.29, 1.82) is 0 Å². The molecule has 2 atom stereocenters. The Hall–Kier alpha value is -0.930. The number of esters is 1. The van der Waals surface area contributed by atoms with Crippen LogP contribution in [0.3, 0.4) is 0 Å². The number of carbonyl (C=O) groups excluding carboxylic acids is 1. The van der Waals surface area contributed by atoms with Crippen molar-refractivity contribution in [2.45, 2.75) is 38.7 Å². The molecule has 104 valence electrons. The minimum Gasteiger partial charge on any atom is -0.459 e. The van der Waals surface area contributed by atoms with E-state index in [0.29, 0.717) is 11.5 Å². The van der Waals surface area contributed by atoms with Gasteiger partial charge in [-0.1, -0.05) is 36.5 Å². The van der Waals surface area contributed by atoms with Gasteiger partial charge in [-0.25, -0.2) is 4.79 Å². The van der Waals surface area contributed by atoms with Crippen LogP contribution in [0.4, 0.5) is 5.69 Å². The van der Waals surface area contributed by atoms with Crippen molar-refractivity contribution in [1.82, 2.24) is 0 Å². The molecule has 1 aliphatic rings. The Balaban J connectivity index is 2.07. The zero-order chi connectivity index (χ0) is 14.0. The molecule has 1 aromatic rings. The van der Waals surface area contributed by atoms with Crippen LogP contribution in [0.25, 0.3) is 0 Å². The number of carbonyl (C=O) groups is 1. The van der Waals surface area contributed by atoms with E-state index in [-0.39, 0.29) is 27.8 Å². The maximum Gasteiger partial charge on any atom is 0.338 e. The summed E-state index contributed by atoms with van der Waals surface area (Å²) in [4.78, 5) is 12.1. The zero-order valence-electron chi connectivity index (χ0n) is 10.8. The van der Waals surface area contributed by atoms with Gasteiger partial charge in [0.15, 0.2) is 0 Å². The van der Waals surface area contributed by atoms with Crippen LogP contribution in [0.5, 0.6) is 0 Å². The van der Waals surface area contributed by atoms with Gasteiger partial charge in [0.25, 0.3) is 0 Å². The summed E-state index contributed by atoms with van der Waals surface area (Å²) in [5, 5.41) is 0.549. The second-order valence-corrected chi connectivity index (χ2v) is 5.97. The second-order valence-electron chi connectivity index (χ2n) is 5.15. The number of halogens is 2. The maximum atomic E-state index is 12.1. The molecule has 0 amide bonds. The van der Waals surface area contributed by atoms with E-state index < -0.39 is 0 Å². The molecular formula is C14H17Cl2NO2. The molecule has 0 saturated heterocycles. The highest BCUT2D eigenvalue weighted by Gasteiger charge is 2.23. The van der Waals surface area contributed by atoms with Crippen molar-refractivity contribution < 1.29 is 9.53 Å². The van der Waals surface area contributed by atoms with E-state index in [1.165, 1.54) is 18.6 Å². The third-order valence-corrected chi connectivity index (χ3v) is 4.10. The van der Waals surface area contributed by atoms with E-state index in [1.54, 1.807) is 0 Å². The number of nitrogens with two attached hydrogens (primary N) is 1. The number of rotatable bonds is 2. The molecule has 5 heteroatoms. The van der Waals surface area contributed by atoms with Crippen LogP contribution in [0.15, 0.2) is 12.1 Å². The molecule has 1 aliphatic carbocycles. The van der Waals surface area contributed by atoms with Crippen LogP contribution in [0, 0.1) is 5.92 Å². The molecule has 0 aromatic heterocycles. The van der Waals surface area contributed by atoms with Crippen LogP contribution >= 0.6 is 23.2 Å². The Morgan fingerprint density at radius 2 is 1.95 bits per heavy atom. The smallest absolute Gasteiger partial charge is 0.338 e. The molecule has 3 nitrogen and oxygen atoms in total. The third-order valence-electron chi connectivity index (χ3n) is 3.48. The van der Waals surface area contributed by atoms with Gasteiger partial charge in [-0.3, -0.25) is 0 Å². The molecule has 2 rings (SSSR count). The second kappa shape index (κ2) is 6.02. The number of hydrogen-bond donors (Lipinski definition) is 1. The van der Waals surface area contributed by atoms with Gasteiger partial charge in [-0.15, -0.1) is 0 Å². The van der Waals surface area contributed by atoms with Gasteiger partial charge in [0.05, 0.1) is 21.3 Å². The minimum atomic E-state index is -0.386. The summed E-state index contributed by atoms with van der Waals surface area (Å²) in [6.07, 6.45) is 4.14. The lowest BCUT2D eigenvalue weighted by molar-refractivity contribution is 0.0155. The van der Waals surface area contributed by atoms with Gasteiger partial charge in [0.2, 0.25) is 0 Å². The van der Waals surface area contributed by atoms with E-state index >= 15 is 0 Å². The fourth-order valence-corrected chi connectivity index (χ4v) is 2.89. The van der Waals surface area contributed by atoms with Crippen molar-refractivity contribution in [3.63, 3.8) is 0 Å². The topological polar surface area (TPSA) is 52.3 Å². The normalized spacial score (nSPS) is 23.1. The van der Waals surface area contributed by atoms with Crippen LogP contribution in [-0.2, 0) is 4.74 Å². The van der Waals surface area contributed by atoms with Crippen molar-refractivity contribution in [3.05, 3.63) is 27.7 Å². The number of benzene rings is 1. The predicted molar refractivity (Wildman–Crippen MR) is 77.7 cm³/mol. The molecule has 1 fully saturated rings. The first-order valence-corrected chi connectivity index (χ1v) is 7.18. The first kappa shape index (κ1) is 14.5. The van der Waals surface area contributed by atoms with Gasteiger partial charge in [-0.05, 0) is 37.3 Å². The Morgan fingerprint density at radius 1 is 1.32 bits per heavy atom. The van der Waals surface area contributed by atoms with E-state index in [1.807, 2.05) is 0 Å². The summed E-state index contributed by atoms with van der Waals surface area (Å²) in [5.74, 6) is 0.216. The maximum absolute atomic E-state index is 12.1. The first-order chi connectivity index (χ1) is 8.97. The Kier molecular flexibility index (Phi) is 4.58. The van der Waals surface area contributed by atoms with Crippen LogP contribution in [0.1, 0.15) is 43.0 Å². The summed E-state index contributed by atoms with van der Waals surface area (Å²) < 4.78 is 5.50. The molecule has 19 heavy (non-hydrogen) atoms. The summed E-state index contributed by atoms with van der Waals surface area (Å²) in [6.45, 7) is 2.18. The highest BCUT2D eigenvalue weighted by molar-refractivity contribution is 6.39. The Morgan fingerprint density at radius 3 is 2.53 bits per heavy atom. The molecule has 1 saturated carbocycles. The highest BCUT2D eigenvalue weighted by Crippen LogP contribution is 2.30. The highest BCUT2D eigenvalue weighted by atomic mass is 35.5. The van der Waals surface area contributed by atoms with Crippen molar-refractivity contribution in [3.8, 4) is 0 Å². The molecule has 2 N–H and O–H groups in total. The largest absolute Gasteiger partial charge is 0.459 e. The third kappa shape index (κ3) is 3.54. The lowest BCUT2D eigenvalue weighted by atomic mass is 9.89. The summed E-state index contributed by atoms with van der Waals surface area (Å²) in [5.41, 5.74) is 6.27. The average molecular weight is 302 g/mol. The van der Waals surface area contributed by atoms with Gasteiger partial charge >= 0.3 is 5.97 Å². The van der Waals surface area contributed by atoms with E-state index in [4.69, 9.17) is 33.7 Å². The molecule has 0 spiro atoms. The standard InChI is InChI=1S/C14H17Cl2NO2/c1-8-3-2-4-10(5-8)19-14(18)9-6-11(15)13(17)12(16)7-9/h6-8,10H,2-5,17H2,1H3. The predicted octanol–water partition coefficient (Wildman–Crippen LogP) is 4.31. The van der Waals surface area contributed by atoms with Gasteiger partial charge < -0.3 is 10.5 Å². The lowest BCUT2D eigenvalue weighted by Crippen LogP contribution is -2.24. The SMILES string of the molecule is CC1CCCC(OC(=O)c2cc(Cl)c(N)c(Cl)c2)C1. The molecule has 2 unspecified atom stereocenters. The van der Waals surface area contributed by atoms with Crippen LogP contribution in [0.2, 0.25) is 10.0 Å². The number of ether oxygens (including phenoxy) is 1. The molecule has 0 heterocycles. The summed E-state index contributed by atoms with van der Waals surface area (Å²) in [6, 6.07) is 2.99. The van der Waals surface area contributed by atoms with Crippen molar-refractivity contribution in [2.24, 2.45) is 5.92 Å².